The number of aromatic hydroxyl groups is 1. The van der Waals surface area contributed by atoms with Crippen LogP contribution in [0.1, 0.15) is 59.7 Å². The molecule has 0 bridgehead atoms. The van der Waals surface area contributed by atoms with Crippen LogP contribution in [0.4, 0.5) is 20.2 Å². The molecule has 0 aliphatic carbocycles. The van der Waals surface area contributed by atoms with Gasteiger partial charge in [-0.05, 0) is 89.2 Å². The summed E-state index contributed by atoms with van der Waals surface area (Å²) in [6, 6.07) is 23.3. The number of benzene rings is 5. The molecule has 5 aromatic carbocycles. The first kappa shape index (κ1) is 48.1. The van der Waals surface area contributed by atoms with Crippen molar-refractivity contribution in [2.75, 3.05) is 56.4 Å². The van der Waals surface area contributed by atoms with Crippen LogP contribution in [0.25, 0.3) is 21.8 Å². The third kappa shape index (κ3) is 9.56. The minimum absolute atomic E-state index is 0.0780. The molecule has 69 heavy (non-hydrogen) atoms. The van der Waals surface area contributed by atoms with Crippen molar-refractivity contribution < 1.29 is 49.8 Å². The highest BCUT2D eigenvalue weighted by atomic mass is 32.2. The number of hydrogen-bond acceptors (Lipinski definition) is 11. The maximum Gasteiger partial charge on any atom is 0.258 e. The van der Waals surface area contributed by atoms with E-state index < -0.39 is 20.0 Å². The molecule has 9 rings (SSSR count). The second-order valence-corrected chi connectivity index (χ2v) is 21.1. The molecular weight excluding hydrogens is 931 g/mol. The van der Waals surface area contributed by atoms with Crippen LogP contribution in [0, 0.1) is 11.6 Å². The van der Waals surface area contributed by atoms with Crippen molar-refractivity contribution >= 4 is 65.0 Å². The molecule has 0 fully saturated rings. The minimum Gasteiger partial charge on any atom is -0.505 e. The fourth-order valence-electron chi connectivity index (χ4n) is 8.53. The number of halogens is 2. The van der Waals surface area contributed by atoms with Gasteiger partial charge in [-0.3, -0.25) is 28.2 Å². The summed E-state index contributed by atoms with van der Waals surface area (Å²) < 4.78 is 90.5. The number of sulfonamides is 2. The van der Waals surface area contributed by atoms with Crippen LogP contribution >= 0.6 is 0 Å². The average Bonchev–Trinajstić information content (AvgIpc) is 3.78. The molecule has 7 aromatic rings. The maximum atomic E-state index is 13.4. The molecule has 0 unspecified atom stereocenters. The number of phenols is 1. The molecule has 19 heteroatoms. The molecule has 4 heterocycles. The van der Waals surface area contributed by atoms with Crippen molar-refractivity contribution in [3.63, 3.8) is 0 Å². The summed E-state index contributed by atoms with van der Waals surface area (Å²) in [6.07, 6.45) is 6.34. The zero-order valence-electron chi connectivity index (χ0n) is 38.7. The zero-order valence-corrected chi connectivity index (χ0v) is 40.4. The van der Waals surface area contributed by atoms with Gasteiger partial charge in [-0.25, -0.2) is 25.6 Å². The van der Waals surface area contributed by atoms with Crippen LogP contribution < -0.4 is 18.1 Å². The quantitative estimate of drug-likeness (QED) is 0.131. The Kier molecular flexibility index (Phi) is 13.0. The number of carbonyl (C=O) groups is 2. The number of phenolic OH excluding ortho intramolecular Hbond substituents is 1. The fourth-order valence-corrected chi connectivity index (χ4v) is 9.61. The van der Waals surface area contributed by atoms with Gasteiger partial charge in [0, 0.05) is 75.6 Å². The van der Waals surface area contributed by atoms with Crippen LogP contribution in [0.3, 0.4) is 0 Å². The monoisotopic (exact) mass is 978 g/mol. The Labute approximate surface area is 398 Å². The van der Waals surface area contributed by atoms with Gasteiger partial charge in [0.25, 0.3) is 11.8 Å². The van der Waals surface area contributed by atoms with E-state index in [-0.39, 0.29) is 60.0 Å². The predicted octanol–water partition coefficient (Wildman–Crippen LogP) is 7.19. The van der Waals surface area contributed by atoms with Crippen molar-refractivity contribution in [2.45, 2.75) is 32.5 Å². The lowest BCUT2D eigenvalue weighted by Crippen LogP contribution is -2.26. The number of rotatable bonds is 12. The van der Waals surface area contributed by atoms with Gasteiger partial charge >= 0.3 is 0 Å². The van der Waals surface area contributed by atoms with Crippen LogP contribution in [0.2, 0.25) is 0 Å². The molecule has 2 amide bonds. The number of aromatic nitrogens is 2. The summed E-state index contributed by atoms with van der Waals surface area (Å²) in [6.45, 7) is 0.568. The number of carbonyl (C=O) groups excluding carboxylic acids is 2. The van der Waals surface area contributed by atoms with Gasteiger partial charge in [-0.1, -0.05) is 36.4 Å². The van der Waals surface area contributed by atoms with Crippen LogP contribution in [-0.2, 0) is 52.6 Å². The number of ether oxygens (including phenoxy) is 2. The molecule has 1 N–H and O–H groups in total. The number of amides is 2. The summed E-state index contributed by atoms with van der Waals surface area (Å²) in [7, 11) is 0.412. The first-order chi connectivity index (χ1) is 32.6. The highest BCUT2D eigenvalue weighted by molar-refractivity contribution is 7.92. The third-order valence-corrected chi connectivity index (χ3v) is 14.6. The van der Waals surface area contributed by atoms with Crippen molar-refractivity contribution in [3.8, 4) is 17.2 Å². The van der Waals surface area contributed by atoms with E-state index in [4.69, 9.17) is 9.47 Å². The number of pyridine rings is 2. The number of nitrogens with zero attached hydrogens (tertiary/aromatic N) is 6. The number of methoxy groups -OCH3 is 1. The molecule has 2 aliphatic rings. The minimum atomic E-state index is -3.67. The van der Waals surface area contributed by atoms with Gasteiger partial charge in [-0.2, -0.15) is 0 Å². The molecule has 15 nitrogen and oxygen atoms in total. The van der Waals surface area contributed by atoms with E-state index >= 15 is 0 Å². The Bertz CT molecular complexity index is 3410. The lowest BCUT2D eigenvalue weighted by atomic mass is 9.98. The highest BCUT2D eigenvalue weighted by Crippen LogP contribution is 2.46. The number of hydrogen-bond donors (Lipinski definition) is 1. The van der Waals surface area contributed by atoms with Gasteiger partial charge in [0.05, 0.1) is 42.1 Å². The number of fused-ring (bicyclic) bond motifs is 4. The molecule has 2 aliphatic heterocycles. The van der Waals surface area contributed by atoms with Gasteiger partial charge in [0.15, 0.2) is 11.5 Å². The summed E-state index contributed by atoms with van der Waals surface area (Å²) in [4.78, 5) is 37.9. The third-order valence-electron chi connectivity index (χ3n) is 12.2. The summed E-state index contributed by atoms with van der Waals surface area (Å²) in [5.41, 5.74) is 6.82. The Morgan fingerprint density at radius 3 is 1.52 bits per heavy atom. The van der Waals surface area contributed by atoms with Gasteiger partial charge in [0.1, 0.15) is 35.0 Å². The summed E-state index contributed by atoms with van der Waals surface area (Å²) in [5.74, 6) is -0.540. The highest BCUT2D eigenvalue weighted by Gasteiger charge is 2.38. The predicted molar refractivity (Wildman–Crippen MR) is 259 cm³/mol. The fraction of sp³-hybridized carbons (Fsp3) is 0.240. The van der Waals surface area contributed by atoms with Crippen molar-refractivity contribution in [3.05, 3.63) is 159 Å². The zero-order chi connectivity index (χ0) is 49.7. The van der Waals surface area contributed by atoms with E-state index in [9.17, 15) is 40.3 Å². The normalized spacial score (nSPS) is 13.3. The molecule has 0 atom stereocenters. The van der Waals surface area contributed by atoms with Crippen molar-refractivity contribution in [1.82, 2.24) is 19.8 Å². The van der Waals surface area contributed by atoms with Crippen LogP contribution in [-0.4, -0.2) is 101 Å². The second-order valence-electron chi connectivity index (χ2n) is 17.1. The SMILES string of the molecule is CN1Cc2c(c(O)c3ncc(Cc4ccc(F)cc4)cc3c2N(C)S(C)(=O)=O)C1=O.COc1ccc(COc2c3c(c(N(C)S(C)(=O)=O)c4cc(Cc5ccc(F)cc5)cnc24)CN(C)C3=O)cc1. The topological polar surface area (TPSA) is 180 Å². The van der Waals surface area contributed by atoms with Crippen molar-refractivity contribution in [1.29, 1.82) is 0 Å². The van der Waals surface area contributed by atoms with Gasteiger partial charge in [0.2, 0.25) is 20.0 Å². The lowest BCUT2D eigenvalue weighted by Gasteiger charge is -2.24. The van der Waals surface area contributed by atoms with Gasteiger partial charge < -0.3 is 24.4 Å². The Morgan fingerprint density at radius 2 is 1.06 bits per heavy atom. The molecule has 0 saturated heterocycles. The summed E-state index contributed by atoms with van der Waals surface area (Å²) in [5, 5.41) is 11.7. The molecule has 0 spiro atoms. The van der Waals surface area contributed by atoms with Crippen LogP contribution in [0.15, 0.2) is 97.3 Å². The first-order valence-electron chi connectivity index (χ1n) is 21.4. The molecule has 0 saturated carbocycles. The number of anilines is 2. The maximum absolute atomic E-state index is 13.4. The smallest absolute Gasteiger partial charge is 0.258 e. The largest absolute Gasteiger partial charge is 0.505 e. The molecule has 0 radical (unpaired) electrons. The van der Waals surface area contributed by atoms with Crippen molar-refractivity contribution in [2.24, 2.45) is 0 Å². The van der Waals surface area contributed by atoms with E-state index in [2.05, 4.69) is 9.97 Å². The molecular formula is C50H48F2N6O9S2. The molecule has 2 aromatic heterocycles. The second kappa shape index (κ2) is 18.6. The first-order valence-corrected chi connectivity index (χ1v) is 25.1. The lowest BCUT2D eigenvalue weighted by molar-refractivity contribution is 0.0806. The Balaban J connectivity index is 0.000000192. The van der Waals surface area contributed by atoms with Gasteiger partial charge in [-0.15, -0.1) is 0 Å². The summed E-state index contributed by atoms with van der Waals surface area (Å²) >= 11 is 0. The van der Waals surface area contributed by atoms with E-state index in [1.807, 2.05) is 30.3 Å². The average molecular weight is 979 g/mol. The van der Waals surface area contributed by atoms with Crippen LogP contribution in [0.5, 0.6) is 17.2 Å². The van der Waals surface area contributed by atoms with E-state index in [1.54, 1.807) is 63.9 Å². The van der Waals surface area contributed by atoms with E-state index in [1.165, 1.54) is 52.5 Å². The van der Waals surface area contributed by atoms with E-state index in [0.29, 0.717) is 68.7 Å². The van der Waals surface area contributed by atoms with E-state index in [0.717, 1.165) is 44.6 Å². The Hall–Kier alpha value is -7.38. The Morgan fingerprint density at radius 1 is 0.638 bits per heavy atom. The standard InChI is InChI=1S/C29H28FN3O5S.C21H20FN3O4S/c1-32-16-24-25(29(32)34)28(38-17-19-7-11-22(37-3)12-8-19)26-23(27(24)33(2)39(4,35)36)14-20(15-31-26)13-18-5-9-21(30)10-6-18;1-24-11-16-17(21(24)27)20(26)18-15(19(16)25(2)30(3,28)29)9-13(10-23-18)8-12-4-6-14(22)7-5-12/h5-12,14-15H,13,16-17H2,1-4H3;4-7,9-10,26H,8,11H2,1-3H3. The molecule has 358 valence electrons.